The number of hydrogen-bond acceptors (Lipinski definition) is 6. The number of esters is 1. The molecule has 0 fully saturated rings. The molecule has 0 aliphatic carbocycles. The van der Waals surface area contributed by atoms with Gasteiger partial charge in [0.15, 0.2) is 0 Å². The number of ether oxygens (including phenoxy) is 1. The van der Waals surface area contributed by atoms with Crippen molar-refractivity contribution in [2.24, 2.45) is 0 Å². The van der Waals surface area contributed by atoms with Gasteiger partial charge < -0.3 is 4.74 Å². The lowest BCUT2D eigenvalue weighted by atomic mass is 10.1. The van der Waals surface area contributed by atoms with Crippen molar-refractivity contribution in [1.82, 2.24) is 0 Å². The normalized spacial score (nSPS) is 11.0. The summed E-state index contributed by atoms with van der Waals surface area (Å²) in [6.45, 7) is -0.714. The van der Waals surface area contributed by atoms with E-state index in [1.54, 1.807) is 36.4 Å². The third-order valence-corrected chi connectivity index (χ3v) is 4.13. The number of rotatable bonds is 7. The van der Waals surface area contributed by atoms with E-state index in [0.717, 1.165) is 0 Å². The maximum Gasteiger partial charge on any atom is 0.379 e. The van der Waals surface area contributed by atoms with E-state index in [1.807, 2.05) is 0 Å². The molecule has 0 unspecified atom stereocenters. The maximum absolute atomic E-state index is 11.8. The molecule has 0 radical (unpaired) electrons. The van der Waals surface area contributed by atoms with Crippen LogP contribution in [0.5, 0.6) is 0 Å². The van der Waals surface area contributed by atoms with Gasteiger partial charge in [-0.15, -0.1) is 0 Å². The second kappa shape index (κ2) is 7.66. The van der Waals surface area contributed by atoms with Gasteiger partial charge >= 0.3 is 5.97 Å². The summed E-state index contributed by atoms with van der Waals surface area (Å²) in [6, 6.07) is 15.5. The summed E-state index contributed by atoms with van der Waals surface area (Å²) in [5.41, 5.74) is 0.204. The van der Waals surface area contributed by atoms with Crippen molar-refractivity contribution in [1.29, 1.82) is 0 Å². The van der Waals surface area contributed by atoms with Crippen LogP contribution in [0.3, 0.4) is 0 Å². The van der Waals surface area contributed by atoms with Crippen LogP contribution in [0.1, 0.15) is 10.4 Å². The Morgan fingerprint density at radius 3 is 2.00 bits per heavy atom. The molecular weight excluding hydrogens is 320 g/mol. The van der Waals surface area contributed by atoms with Crippen molar-refractivity contribution in [3.63, 3.8) is 0 Å². The molecule has 2 rings (SSSR count). The summed E-state index contributed by atoms with van der Waals surface area (Å²) >= 11 is 0. The molecule has 120 valence electrons. The van der Waals surface area contributed by atoms with Gasteiger partial charge in [0.2, 0.25) is 0 Å². The first-order valence-corrected chi connectivity index (χ1v) is 8.12. The van der Waals surface area contributed by atoms with Crippen LogP contribution in [0.2, 0.25) is 0 Å². The highest BCUT2D eigenvalue weighted by Gasteiger charge is 2.18. The molecule has 0 N–H and O–H groups in total. The molecule has 23 heavy (non-hydrogen) atoms. The highest BCUT2D eigenvalue weighted by molar-refractivity contribution is 7.86. The van der Waals surface area contributed by atoms with Crippen LogP contribution in [0.25, 0.3) is 0 Å². The SMILES string of the molecule is O=C(OCCOS(=O)(=O)c1ccccc1)C(=O)c1ccccc1. The van der Waals surface area contributed by atoms with Crippen LogP contribution in [-0.4, -0.2) is 33.4 Å². The minimum absolute atomic E-state index is 0.00619. The van der Waals surface area contributed by atoms with Crippen molar-refractivity contribution in [2.45, 2.75) is 4.90 Å². The second-order valence-electron chi connectivity index (χ2n) is 4.42. The Morgan fingerprint density at radius 1 is 0.826 bits per heavy atom. The zero-order valence-electron chi connectivity index (χ0n) is 12.0. The molecule has 0 spiro atoms. The van der Waals surface area contributed by atoms with Gasteiger partial charge in [-0.3, -0.25) is 8.98 Å². The quantitative estimate of drug-likeness (QED) is 0.252. The first-order chi connectivity index (χ1) is 11.0. The lowest BCUT2D eigenvalue weighted by Crippen LogP contribution is -2.20. The zero-order valence-corrected chi connectivity index (χ0v) is 12.9. The van der Waals surface area contributed by atoms with Gasteiger partial charge in [0.25, 0.3) is 15.9 Å². The molecule has 0 bridgehead atoms. The maximum atomic E-state index is 11.8. The van der Waals surface area contributed by atoms with Crippen molar-refractivity contribution in [3.05, 3.63) is 66.2 Å². The molecule has 0 aliphatic heterocycles. The first kappa shape index (κ1) is 16.9. The van der Waals surface area contributed by atoms with E-state index in [1.165, 1.54) is 24.3 Å². The largest absolute Gasteiger partial charge is 0.457 e. The second-order valence-corrected chi connectivity index (χ2v) is 6.04. The van der Waals surface area contributed by atoms with Crippen molar-refractivity contribution in [2.75, 3.05) is 13.2 Å². The van der Waals surface area contributed by atoms with E-state index >= 15 is 0 Å². The molecule has 0 amide bonds. The lowest BCUT2D eigenvalue weighted by Gasteiger charge is -2.06. The predicted octanol–water partition coefficient (Wildman–Crippen LogP) is 1.82. The van der Waals surface area contributed by atoms with Gasteiger partial charge in [-0.25, -0.2) is 4.79 Å². The number of benzene rings is 2. The summed E-state index contributed by atoms with van der Waals surface area (Å²) in [7, 11) is -3.91. The monoisotopic (exact) mass is 334 g/mol. The Balaban J connectivity index is 1.81. The number of Topliss-reactive ketones (excluding diaryl/α,β-unsaturated/α-hetero) is 1. The molecular formula is C16H14O6S. The van der Waals surface area contributed by atoms with E-state index in [9.17, 15) is 18.0 Å². The summed E-state index contributed by atoms with van der Waals surface area (Å²) in [5.74, 6) is -1.85. The number of carbonyl (C=O) groups excluding carboxylic acids is 2. The Hall–Kier alpha value is -2.51. The van der Waals surface area contributed by atoms with Crippen LogP contribution in [-0.2, 0) is 23.8 Å². The molecule has 2 aromatic rings. The summed E-state index contributed by atoms with van der Waals surface area (Å²) in [5, 5.41) is 0. The first-order valence-electron chi connectivity index (χ1n) is 6.72. The van der Waals surface area contributed by atoms with Crippen molar-refractivity contribution in [3.8, 4) is 0 Å². The van der Waals surface area contributed by atoms with Gasteiger partial charge in [0.1, 0.15) is 13.2 Å². The van der Waals surface area contributed by atoms with Crippen LogP contribution in [0.15, 0.2) is 65.6 Å². The third kappa shape index (κ3) is 4.73. The lowest BCUT2D eigenvalue weighted by molar-refractivity contribution is -0.138. The molecule has 2 aromatic carbocycles. The van der Waals surface area contributed by atoms with Gasteiger partial charge in [-0.1, -0.05) is 48.5 Å². The topological polar surface area (TPSA) is 86.7 Å². The Kier molecular flexibility index (Phi) is 5.61. The fourth-order valence-corrected chi connectivity index (χ4v) is 2.62. The van der Waals surface area contributed by atoms with E-state index in [0.29, 0.717) is 0 Å². The molecule has 0 heterocycles. The molecule has 0 aromatic heterocycles. The van der Waals surface area contributed by atoms with Crippen LogP contribution >= 0.6 is 0 Å². The number of ketones is 1. The minimum Gasteiger partial charge on any atom is -0.457 e. The fourth-order valence-electron chi connectivity index (χ4n) is 1.71. The van der Waals surface area contributed by atoms with Gasteiger partial charge in [0.05, 0.1) is 4.90 Å². The molecule has 0 aliphatic rings. The number of carbonyl (C=O) groups is 2. The average Bonchev–Trinajstić information content (AvgIpc) is 2.59. The van der Waals surface area contributed by atoms with E-state index in [2.05, 4.69) is 0 Å². The van der Waals surface area contributed by atoms with E-state index < -0.39 is 21.9 Å². The van der Waals surface area contributed by atoms with E-state index in [-0.39, 0.29) is 23.7 Å². The third-order valence-electron chi connectivity index (χ3n) is 2.81. The summed E-state index contributed by atoms with van der Waals surface area (Å²) < 4.78 is 33.1. The molecule has 7 heteroatoms. The van der Waals surface area contributed by atoms with Crippen LogP contribution < -0.4 is 0 Å². The van der Waals surface area contributed by atoms with E-state index in [4.69, 9.17) is 8.92 Å². The Morgan fingerprint density at radius 2 is 1.39 bits per heavy atom. The fraction of sp³-hybridized carbons (Fsp3) is 0.125. The minimum atomic E-state index is -3.91. The van der Waals surface area contributed by atoms with Crippen LogP contribution in [0.4, 0.5) is 0 Å². The number of hydrogen-bond donors (Lipinski definition) is 0. The Labute approximate surface area is 133 Å². The molecule has 0 saturated carbocycles. The average molecular weight is 334 g/mol. The zero-order chi connectivity index (χ0) is 16.7. The smallest absolute Gasteiger partial charge is 0.379 e. The molecule has 6 nitrogen and oxygen atoms in total. The predicted molar refractivity (Wildman–Crippen MR) is 81.3 cm³/mol. The van der Waals surface area contributed by atoms with Crippen LogP contribution in [0, 0.1) is 0 Å². The highest BCUT2D eigenvalue weighted by Crippen LogP contribution is 2.11. The standard InChI is InChI=1S/C16H14O6S/c17-15(13-7-3-1-4-8-13)16(18)21-11-12-22-23(19,20)14-9-5-2-6-10-14/h1-10H,11-12H2. The molecule has 0 atom stereocenters. The Bertz CT molecular complexity index is 769. The van der Waals surface area contributed by atoms with Gasteiger partial charge in [-0.2, -0.15) is 8.42 Å². The summed E-state index contributed by atoms with van der Waals surface area (Å²) in [6.07, 6.45) is 0. The molecule has 0 saturated heterocycles. The van der Waals surface area contributed by atoms with Gasteiger partial charge in [0, 0.05) is 5.56 Å². The van der Waals surface area contributed by atoms with Gasteiger partial charge in [-0.05, 0) is 12.1 Å². The van der Waals surface area contributed by atoms with Crippen molar-refractivity contribution >= 4 is 21.9 Å². The highest BCUT2D eigenvalue weighted by atomic mass is 32.2. The van der Waals surface area contributed by atoms with Crippen molar-refractivity contribution < 1.29 is 26.9 Å². The summed E-state index contributed by atoms with van der Waals surface area (Å²) in [4.78, 5) is 23.3.